The number of halogens is 2. The van der Waals surface area contributed by atoms with Crippen molar-refractivity contribution < 1.29 is 9.21 Å². The van der Waals surface area contributed by atoms with E-state index in [1.807, 2.05) is 29.6 Å². The second-order valence-electron chi connectivity index (χ2n) is 5.60. The van der Waals surface area contributed by atoms with Crippen molar-refractivity contribution in [3.05, 3.63) is 46.1 Å². The SMILES string of the molecule is CC1(CC(=O)N/N=C\c2ccc(-c3cccc(Cl)c3Cl)o2)SCCS1. The molecule has 1 fully saturated rings. The molecule has 1 aliphatic heterocycles. The van der Waals surface area contributed by atoms with Crippen LogP contribution >= 0.6 is 46.7 Å². The van der Waals surface area contributed by atoms with Gasteiger partial charge in [0.2, 0.25) is 5.91 Å². The van der Waals surface area contributed by atoms with Gasteiger partial charge in [-0.3, -0.25) is 4.79 Å². The van der Waals surface area contributed by atoms with E-state index in [2.05, 4.69) is 17.5 Å². The molecule has 1 aromatic carbocycles. The number of benzene rings is 1. The van der Waals surface area contributed by atoms with Crippen molar-refractivity contribution >= 4 is 58.8 Å². The monoisotopic (exact) mass is 414 g/mol. The third-order valence-electron chi connectivity index (χ3n) is 3.60. The smallest absolute Gasteiger partial charge is 0.242 e. The van der Waals surface area contributed by atoms with E-state index in [1.54, 1.807) is 24.3 Å². The average molecular weight is 415 g/mol. The summed E-state index contributed by atoms with van der Waals surface area (Å²) in [4.78, 5) is 12.0. The van der Waals surface area contributed by atoms with E-state index in [4.69, 9.17) is 27.6 Å². The van der Waals surface area contributed by atoms with Crippen LogP contribution in [0.15, 0.2) is 39.9 Å². The minimum Gasteiger partial charge on any atom is -0.455 e. The Labute approximate surface area is 164 Å². The van der Waals surface area contributed by atoms with E-state index in [0.29, 0.717) is 33.6 Å². The Morgan fingerprint density at radius 1 is 1.32 bits per heavy atom. The van der Waals surface area contributed by atoms with Crippen LogP contribution in [0, 0.1) is 0 Å². The number of rotatable bonds is 5. The molecule has 2 heterocycles. The number of carbonyl (C=O) groups excluding carboxylic acids is 1. The lowest BCUT2D eigenvalue weighted by Gasteiger charge is -2.19. The highest BCUT2D eigenvalue weighted by Crippen LogP contribution is 2.45. The molecule has 4 nitrogen and oxygen atoms in total. The van der Waals surface area contributed by atoms with Crippen LogP contribution in [0.1, 0.15) is 19.1 Å². The lowest BCUT2D eigenvalue weighted by molar-refractivity contribution is -0.121. The molecule has 0 radical (unpaired) electrons. The molecule has 0 saturated carbocycles. The Hall–Kier alpha value is -1.08. The molecule has 1 saturated heterocycles. The number of amides is 1. The molecule has 0 spiro atoms. The summed E-state index contributed by atoms with van der Waals surface area (Å²) < 4.78 is 5.63. The molecule has 0 bridgehead atoms. The fourth-order valence-corrected chi connectivity index (χ4v) is 5.64. The highest BCUT2D eigenvalue weighted by atomic mass is 35.5. The molecule has 0 aliphatic carbocycles. The van der Waals surface area contributed by atoms with Crippen LogP contribution in [0.2, 0.25) is 10.0 Å². The summed E-state index contributed by atoms with van der Waals surface area (Å²) in [5.74, 6) is 3.16. The van der Waals surface area contributed by atoms with Crippen LogP contribution in [0.25, 0.3) is 11.3 Å². The lowest BCUT2D eigenvalue weighted by atomic mass is 10.2. The molecule has 2 aromatic rings. The number of hydrogen-bond acceptors (Lipinski definition) is 5. The van der Waals surface area contributed by atoms with Crippen molar-refractivity contribution in [2.24, 2.45) is 5.10 Å². The molecular weight excluding hydrogens is 399 g/mol. The summed E-state index contributed by atoms with van der Waals surface area (Å²) in [6.45, 7) is 2.09. The van der Waals surface area contributed by atoms with Crippen LogP contribution in [0.5, 0.6) is 0 Å². The quantitative estimate of drug-likeness (QED) is 0.533. The first kappa shape index (κ1) is 18.7. The van der Waals surface area contributed by atoms with Gasteiger partial charge in [-0.25, -0.2) is 5.43 Å². The maximum absolute atomic E-state index is 12.0. The summed E-state index contributed by atoms with van der Waals surface area (Å²) >= 11 is 15.8. The molecule has 0 atom stereocenters. The Morgan fingerprint density at radius 3 is 2.84 bits per heavy atom. The highest BCUT2D eigenvalue weighted by molar-refractivity contribution is 8.21. The Balaban J connectivity index is 1.60. The van der Waals surface area contributed by atoms with Gasteiger partial charge in [-0.05, 0) is 31.2 Å². The van der Waals surface area contributed by atoms with Gasteiger partial charge in [0.15, 0.2) is 0 Å². The fourth-order valence-electron chi connectivity index (χ4n) is 2.42. The number of nitrogens with zero attached hydrogens (tertiary/aromatic N) is 1. The number of hydrazone groups is 1. The number of furan rings is 1. The van der Waals surface area contributed by atoms with E-state index < -0.39 is 0 Å². The minimum atomic E-state index is -0.106. The molecule has 1 aliphatic rings. The van der Waals surface area contributed by atoms with Gasteiger partial charge in [0.05, 0.1) is 26.8 Å². The maximum Gasteiger partial charge on any atom is 0.242 e. The van der Waals surface area contributed by atoms with Crippen molar-refractivity contribution in [2.75, 3.05) is 11.5 Å². The summed E-state index contributed by atoms with van der Waals surface area (Å²) in [5.41, 5.74) is 3.26. The molecule has 0 unspecified atom stereocenters. The Bertz CT molecular complexity index is 802. The summed E-state index contributed by atoms with van der Waals surface area (Å²) in [5, 5.41) is 4.87. The molecule has 8 heteroatoms. The number of carbonyl (C=O) groups is 1. The summed E-state index contributed by atoms with van der Waals surface area (Å²) in [6, 6.07) is 8.89. The third kappa shape index (κ3) is 4.76. The van der Waals surface area contributed by atoms with Gasteiger partial charge in [0, 0.05) is 17.1 Å². The zero-order valence-electron chi connectivity index (χ0n) is 13.4. The lowest BCUT2D eigenvalue weighted by Crippen LogP contribution is -2.26. The molecule has 3 rings (SSSR count). The Kier molecular flexibility index (Phi) is 6.04. The average Bonchev–Trinajstić information content (AvgIpc) is 3.19. The van der Waals surface area contributed by atoms with Gasteiger partial charge in [-0.1, -0.05) is 29.3 Å². The van der Waals surface area contributed by atoms with Gasteiger partial charge in [-0.15, -0.1) is 23.5 Å². The molecular formula is C17H16Cl2N2O2S2. The van der Waals surface area contributed by atoms with Crippen LogP contribution < -0.4 is 5.43 Å². The van der Waals surface area contributed by atoms with Crippen molar-refractivity contribution in [1.29, 1.82) is 0 Å². The fraction of sp³-hybridized carbons (Fsp3) is 0.294. The second kappa shape index (κ2) is 8.08. The molecule has 1 amide bonds. The van der Waals surface area contributed by atoms with E-state index in [0.717, 1.165) is 11.5 Å². The van der Waals surface area contributed by atoms with Crippen LogP contribution in [-0.2, 0) is 4.79 Å². The molecule has 1 aromatic heterocycles. The highest BCUT2D eigenvalue weighted by Gasteiger charge is 2.32. The summed E-state index contributed by atoms with van der Waals surface area (Å²) in [7, 11) is 0. The Morgan fingerprint density at radius 2 is 2.08 bits per heavy atom. The first-order valence-electron chi connectivity index (χ1n) is 7.61. The second-order valence-corrected chi connectivity index (χ2v) is 9.84. The maximum atomic E-state index is 12.0. The van der Waals surface area contributed by atoms with E-state index in [-0.39, 0.29) is 9.99 Å². The first-order chi connectivity index (χ1) is 12.0. The molecule has 132 valence electrons. The predicted octanol–water partition coefficient (Wildman–Crippen LogP) is 5.29. The van der Waals surface area contributed by atoms with Gasteiger partial charge in [0.25, 0.3) is 0 Å². The van der Waals surface area contributed by atoms with Gasteiger partial charge < -0.3 is 4.42 Å². The topological polar surface area (TPSA) is 54.6 Å². The number of thioether (sulfide) groups is 2. The standard InChI is InChI=1S/C17H16Cl2N2O2S2/c1-17(24-7-8-25-17)9-15(22)21-20-10-11-5-6-14(23-11)12-3-2-4-13(18)16(12)19/h2-6,10H,7-9H2,1H3,(H,21,22)/b20-10-. The normalized spacial score (nSPS) is 16.4. The largest absolute Gasteiger partial charge is 0.455 e. The predicted molar refractivity (Wildman–Crippen MR) is 108 cm³/mol. The molecule has 1 N–H and O–H groups in total. The van der Waals surface area contributed by atoms with E-state index in [1.165, 1.54) is 6.21 Å². The zero-order chi connectivity index (χ0) is 17.9. The van der Waals surface area contributed by atoms with Crippen molar-refractivity contribution in [1.82, 2.24) is 5.43 Å². The van der Waals surface area contributed by atoms with Crippen LogP contribution in [-0.4, -0.2) is 27.7 Å². The zero-order valence-corrected chi connectivity index (χ0v) is 16.6. The first-order valence-corrected chi connectivity index (χ1v) is 10.3. The van der Waals surface area contributed by atoms with Crippen molar-refractivity contribution in [3.8, 4) is 11.3 Å². The van der Waals surface area contributed by atoms with Gasteiger partial charge >= 0.3 is 0 Å². The van der Waals surface area contributed by atoms with Crippen LogP contribution in [0.4, 0.5) is 0 Å². The van der Waals surface area contributed by atoms with E-state index >= 15 is 0 Å². The minimum absolute atomic E-state index is 0.0548. The summed E-state index contributed by atoms with van der Waals surface area (Å²) in [6.07, 6.45) is 1.90. The van der Waals surface area contributed by atoms with Gasteiger partial charge in [0.1, 0.15) is 11.5 Å². The number of nitrogens with one attached hydrogen (secondary N) is 1. The molecule has 25 heavy (non-hydrogen) atoms. The van der Waals surface area contributed by atoms with Gasteiger partial charge in [-0.2, -0.15) is 5.10 Å². The number of hydrogen-bond donors (Lipinski definition) is 1. The third-order valence-corrected chi connectivity index (χ3v) is 7.72. The van der Waals surface area contributed by atoms with Crippen molar-refractivity contribution in [2.45, 2.75) is 17.4 Å². The van der Waals surface area contributed by atoms with E-state index in [9.17, 15) is 4.79 Å². The van der Waals surface area contributed by atoms with Crippen LogP contribution in [0.3, 0.4) is 0 Å². The van der Waals surface area contributed by atoms with Crippen molar-refractivity contribution in [3.63, 3.8) is 0 Å².